The van der Waals surface area contributed by atoms with E-state index in [-0.39, 0.29) is 16.6 Å². The van der Waals surface area contributed by atoms with Crippen molar-refractivity contribution in [3.8, 4) is 0 Å². The molecule has 0 aliphatic carbocycles. The van der Waals surface area contributed by atoms with E-state index in [2.05, 4.69) is 26.6 Å². The van der Waals surface area contributed by atoms with Gasteiger partial charge in [-0.2, -0.15) is 0 Å². The topological polar surface area (TPSA) is 108 Å². The van der Waals surface area contributed by atoms with Crippen LogP contribution in [0.5, 0.6) is 0 Å². The van der Waals surface area contributed by atoms with Gasteiger partial charge in [0.2, 0.25) is 17.7 Å². The number of ether oxygens (including phenoxy) is 1. The molecule has 3 fully saturated rings. The van der Waals surface area contributed by atoms with Gasteiger partial charge in [-0.3, -0.25) is 14.4 Å². The van der Waals surface area contributed by atoms with Gasteiger partial charge in [-0.1, -0.05) is 76.9 Å². The lowest BCUT2D eigenvalue weighted by molar-refractivity contribution is -0.144. The summed E-state index contributed by atoms with van der Waals surface area (Å²) < 4.78 is 6.50. The Balaban J connectivity index is 1.60. The number of nitrogens with zero attached hydrogens (tertiary/aromatic N) is 1. The van der Waals surface area contributed by atoms with Gasteiger partial charge in [0, 0.05) is 11.4 Å². The van der Waals surface area contributed by atoms with Crippen molar-refractivity contribution >= 4 is 50.9 Å². The number of likely N-dealkylation sites (tertiary alicyclic amines) is 1. The summed E-state index contributed by atoms with van der Waals surface area (Å²) in [5, 5.41) is 16.6. The third kappa shape index (κ3) is 4.26. The normalized spacial score (nSPS) is 30.8. The number of rotatable bonds is 8. The van der Waals surface area contributed by atoms with Crippen LogP contribution in [0.15, 0.2) is 54.6 Å². The summed E-state index contributed by atoms with van der Waals surface area (Å²) in [5.74, 6) is -2.73. The molecule has 1 spiro atoms. The number of alkyl halides is 1. The molecule has 0 aromatic heterocycles. The van der Waals surface area contributed by atoms with Gasteiger partial charge in [0.1, 0.15) is 11.6 Å². The van der Waals surface area contributed by atoms with E-state index in [4.69, 9.17) is 16.3 Å². The highest BCUT2D eigenvalue weighted by Gasteiger charge is 2.77. The molecule has 196 valence electrons. The van der Waals surface area contributed by atoms with Crippen LogP contribution >= 0.6 is 27.5 Å². The Morgan fingerprint density at radius 2 is 1.89 bits per heavy atom. The molecule has 37 heavy (non-hydrogen) atoms. The molecule has 0 saturated carbocycles. The SMILES string of the molecule is CCCNC(=O)[C@H]1[C@H]2C(=O)N([C@H](CO)c3ccccc3)C(C(=O)Nc3ccccc3Cl)C23CC(Br)[C@@H]1O3. The Hall–Kier alpha value is -2.46. The van der Waals surface area contributed by atoms with Crippen LogP contribution in [0, 0.1) is 11.8 Å². The average Bonchev–Trinajstić information content (AvgIpc) is 3.49. The fourth-order valence-electron chi connectivity index (χ4n) is 6.16. The minimum atomic E-state index is -1.24. The van der Waals surface area contributed by atoms with E-state index in [1.54, 1.807) is 36.4 Å². The molecule has 8 nitrogen and oxygen atoms in total. The summed E-state index contributed by atoms with van der Waals surface area (Å²) in [5.41, 5.74) is -0.151. The molecule has 3 aliphatic heterocycles. The molecule has 2 bridgehead atoms. The molecule has 3 unspecified atom stereocenters. The van der Waals surface area contributed by atoms with Crippen LogP contribution in [0.3, 0.4) is 0 Å². The number of para-hydroxylation sites is 1. The first-order valence-electron chi connectivity index (χ1n) is 12.5. The Labute approximate surface area is 228 Å². The number of carbonyl (C=O) groups is 3. The Bertz CT molecular complexity index is 1200. The number of aliphatic hydroxyl groups excluding tert-OH is 1. The fraction of sp³-hybridized carbons (Fsp3) is 0.444. The van der Waals surface area contributed by atoms with E-state index >= 15 is 0 Å². The van der Waals surface area contributed by atoms with E-state index in [1.165, 1.54) is 4.90 Å². The highest BCUT2D eigenvalue weighted by atomic mass is 79.9. The first-order valence-corrected chi connectivity index (χ1v) is 13.8. The van der Waals surface area contributed by atoms with Crippen molar-refractivity contribution in [2.45, 2.75) is 48.4 Å². The number of hydrogen-bond donors (Lipinski definition) is 3. The van der Waals surface area contributed by atoms with Crippen LogP contribution in [0.25, 0.3) is 0 Å². The lowest BCUT2D eigenvalue weighted by atomic mass is 9.70. The second-order valence-corrected chi connectivity index (χ2v) is 11.4. The number of anilines is 1. The molecule has 3 heterocycles. The van der Waals surface area contributed by atoms with Crippen LogP contribution in [0.4, 0.5) is 5.69 Å². The van der Waals surface area contributed by atoms with Crippen LogP contribution in [-0.2, 0) is 19.1 Å². The predicted octanol–water partition coefficient (Wildman–Crippen LogP) is 3.29. The van der Waals surface area contributed by atoms with E-state index in [0.717, 1.165) is 6.42 Å². The fourth-order valence-corrected chi connectivity index (χ4v) is 7.29. The van der Waals surface area contributed by atoms with E-state index < -0.39 is 48.1 Å². The maximum atomic E-state index is 14.2. The van der Waals surface area contributed by atoms with Crippen LogP contribution in [-0.4, -0.2) is 63.5 Å². The minimum Gasteiger partial charge on any atom is -0.394 e. The van der Waals surface area contributed by atoms with Crippen molar-refractivity contribution in [1.29, 1.82) is 0 Å². The summed E-state index contributed by atoms with van der Waals surface area (Å²) in [6, 6.07) is 14.0. The number of aliphatic hydroxyl groups is 1. The number of carbonyl (C=O) groups excluding carboxylic acids is 3. The summed E-state index contributed by atoms with van der Waals surface area (Å²) in [6.45, 7) is 2.03. The molecule has 3 aliphatic rings. The predicted molar refractivity (Wildman–Crippen MR) is 142 cm³/mol. The number of halogens is 2. The standard InChI is InChI=1S/C27H29BrClN3O5/c1-2-12-30-24(34)20-21-26(36)32(19(14-33)15-8-4-3-5-9-15)23(27(21)13-16(28)22(20)37-27)25(35)31-18-11-7-6-10-17(18)29/h3-11,16,19-23,33H,2,12-14H2,1H3,(H,30,34)(H,31,35)/t16?,19-,20+,21+,22+,23?,27?/m1/s1. The monoisotopic (exact) mass is 589 g/mol. The number of hydrogen-bond acceptors (Lipinski definition) is 5. The zero-order chi connectivity index (χ0) is 26.3. The van der Waals surface area contributed by atoms with Gasteiger partial charge >= 0.3 is 0 Å². The first-order chi connectivity index (χ1) is 17.8. The molecule has 3 amide bonds. The summed E-state index contributed by atoms with van der Waals surface area (Å²) >= 11 is 9.98. The van der Waals surface area contributed by atoms with Gasteiger partial charge in [0.15, 0.2) is 0 Å². The molecule has 0 radical (unpaired) electrons. The molecule has 7 atom stereocenters. The zero-order valence-electron chi connectivity index (χ0n) is 20.3. The quantitative estimate of drug-likeness (QED) is 0.409. The molecular weight excluding hydrogens is 562 g/mol. The van der Waals surface area contributed by atoms with Gasteiger partial charge in [-0.25, -0.2) is 0 Å². The molecule has 10 heteroatoms. The largest absolute Gasteiger partial charge is 0.394 e. The average molecular weight is 591 g/mol. The summed E-state index contributed by atoms with van der Waals surface area (Å²) in [4.78, 5) is 42.7. The maximum absolute atomic E-state index is 14.2. The summed E-state index contributed by atoms with van der Waals surface area (Å²) in [7, 11) is 0. The molecule has 2 aromatic rings. The molecular formula is C27H29BrClN3O5. The third-order valence-corrected chi connectivity index (χ3v) is 8.83. The van der Waals surface area contributed by atoms with Gasteiger partial charge < -0.3 is 25.4 Å². The maximum Gasteiger partial charge on any atom is 0.250 e. The van der Waals surface area contributed by atoms with Crippen LogP contribution in [0.2, 0.25) is 5.02 Å². The van der Waals surface area contributed by atoms with Crippen LogP contribution in [0.1, 0.15) is 31.4 Å². The van der Waals surface area contributed by atoms with E-state index in [9.17, 15) is 19.5 Å². The number of amides is 3. The number of benzene rings is 2. The lowest BCUT2D eigenvalue weighted by Crippen LogP contribution is -2.55. The van der Waals surface area contributed by atoms with Crippen molar-refractivity contribution < 1.29 is 24.2 Å². The number of fused-ring (bicyclic) bond motifs is 1. The Morgan fingerprint density at radius 1 is 1.19 bits per heavy atom. The van der Waals surface area contributed by atoms with Crippen molar-refractivity contribution in [2.75, 3.05) is 18.5 Å². The molecule has 3 saturated heterocycles. The molecule has 5 rings (SSSR count). The van der Waals surface area contributed by atoms with Crippen molar-refractivity contribution in [1.82, 2.24) is 10.2 Å². The second-order valence-electron chi connectivity index (χ2n) is 9.78. The first kappa shape index (κ1) is 26.2. The van der Waals surface area contributed by atoms with Crippen LogP contribution < -0.4 is 10.6 Å². The molecule has 2 aromatic carbocycles. The minimum absolute atomic E-state index is 0.214. The van der Waals surface area contributed by atoms with Gasteiger partial charge in [-0.05, 0) is 30.5 Å². The Kier molecular flexibility index (Phi) is 7.33. The van der Waals surface area contributed by atoms with E-state index in [0.29, 0.717) is 29.2 Å². The third-order valence-electron chi connectivity index (χ3n) is 7.65. The second kappa shape index (κ2) is 10.4. The zero-order valence-corrected chi connectivity index (χ0v) is 22.6. The van der Waals surface area contributed by atoms with Gasteiger partial charge in [0.05, 0.1) is 41.3 Å². The van der Waals surface area contributed by atoms with Gasteiger partial charge in [-0.15, -0.1) is 0 Å². The number of nitrogens with one attached hydrogen (secondary N) is 2. The lowest BCUT2D eigenvalue weighted by Gasteiger charge is -2.37. The highest BCUT2D eigenvalue weighted by Crippen LogP contribution is 2.61. The Morgan fingerprint density at radius 3 is 2.57 bits per heavy atom. The van der Waals surface area contributed by atoms with Crippen molar-refractivity contribution in [2.24, 2.45) is 11.8 Å². The molecule has 3 N–H and O–H groups in total. The summed E-state index contributed by atoms with van der Waals surface area (Å²) in [6.07, 6.45) is 0.574. The van der Waals surface area contributed by atoms with Crippen molar-refractivity contribution in [3.63, 3.8) is 0 Å². The smallest absolute Gasteiger partial charge is 0.250 e. The highest BCUT2D eigenvalue weighted by molar-refractivity contribution is 9.09. The van der Waals surface area contributed by atoms with E-state index in [1.807, 2.05) is 25.1 Å². The van der Waals surface area contributed by atoms with Gasteiger partial charge in [0.25, 0.3) is 0 Å². The van der Waals surface area contributed by atoms with Crippen molar-refractivity contribution in [3.05, 3.63) is 65.2 Å².